The zero-order chi connectivity index (χ0) is 12.4. The molecule has 0 aliphatic rings. The predicted molar refractivity (Wildman–Crippen MR) is 59.4 cm³/mol. The molecule has 2 aromatic rings. The minimum atomic E-state index is -0.638. The number of nitrogens with one attached hydrogen (secondary N) is 2. The van der Waals surface area contributed by atoms with E-state index in [1.807, 2.05) is 0 Å². The molecule has 0 fully saturated rings. The van der Waals surface area contributed by atoms with E-state index in [0.717, 1.165) is 5.56 Å². The topological polar surface area (TPSA) is 92.2 Å². The Morgan fingerprint density at radius 1 is 1.41 bits per heavy atom. The summed E-state index contributed by atoms with van der Waals surface area (Å²) in [5, 5.41) is 2.45. The molecular weight excluding hydrogens is 224 g/mol. The summed E-state index contributed by atoms with van der Waals surface area (Å²) < 4.78 is 4.87. The summed E-state index contributed by atoms with van der Waals surface area (Å²) in [5.41, 5.74) is 1.76. The first-order valence-electron chi connectivity index (χ1n) is 4.97. The summed E-state index contributed by atoms with van der Waals surface area (Å²) >= 11 is 0. The average molecular weight is 234 g/mol. The Hall–Kier alpha value is -2.37. The molecule has 2 rings (SSSR count). The number of oxazole rings is 1. The van der Waals surface area contributed by atoms with Crippen molar-refractivity contribution in [1.82, 2.24) is 10.3 Å². The first-order valence-corrected chi connectivity index (χ1v) is 4.97. The van der Waals surface area contributed by atoms with E-state index in [-0.39, 0.29) is 6.54 Å². The fourth-order valence-electron chi connectivity index (χ4n) is 1.41. The van der Waals surface area contributed by atoms with Gasteiger partial charge in [0.2, 0.25) is 5.78 Å². The van der Waals surface area contributed by atoms with Gasteiger partial charge in [-0.15, -0.1) is 0 Å². The lowest BCUT2D eigenvalue weighted by Gasteiger charge is -2.02. The Morgan fingerprint density at radius 2 is 2.18 bits per heavy atom. The molecule has 17 heavy (non-hydrogen) atoms. The third-order valence-electron chi connectivity index (χ3n) is 2.26. The van der Waals surface area contributed by atoms with E-state index in [0.29, 0.717) is 11.1 Å². The van der Waals surface area contributed by atoms with Crippen molar-refractivity contribution in [2.75, 3.05) is 0 Å². The Kier molecular flexibility index (Phi) is 2.78. The van der Waals surface area contributed by atoms with Crippen LogP contribution in [0.1, 0.15) is 12.5 Å². The Balaban J connectivity index is 2.16. The summed E-state index contributed by atoms with van der Waals surface area (Å²) in [4.78, 5) is 35.2. The van der Waals surface area contributed by atoms with E-state index in [2.05, 4.69) is 10.3 Å². The van der Waals surface area contributed by atoms with Crippen LogP contribution in [-0.2, 0) is 16.1 Å². The number of benzene rings is 1. The predicted octanol–water partition coefficient (Wildman–Crippen LogP) is 0.326. The van der Waals surface area contributed by atoms with Crippen LogP contribution in [-0.4, -0.2) is 16.7 Å². The normalized spacial score (nSPS) is 10.4. The molecule has 1 heterocycles. The lowest BCUT2D eigenvalue weighted by molar-refractivity contribution is -0.136. The third-order valence-corrected chi connectivity index (χ3v) is 2.26. The summed E-state index contributed by atoms with van der Waals surface area (Å²) in [6, 6.07) is 5.04. The number of hydrogen-bond acceptors (Lipinski definition) is 4. The number of carbonyl (C=O) groups is 2. The highest BCUT2D eigenvalue weighted by molar-refractivity contribution is 6.35. The zero-order valence-electron chi connectivity index (χ0n) is 9.07. The minimum Gasteiger partial charge on any atom is -0.408 e. The Bertz CT molecular complexity index is 638. The monoisotopic (exact) mass is 234 g/mol. The number of carbonyl (C=O) groups excluding carboxylic acids is 2. The molecule has 88 valence electrons. The van der Waals surface area contributed by atoms with Gasteiger partial charge in [-0.1, -0.05) is 6.07 Å². The molecule has 2 N–H and O–H groups in total. The van der Waals surface area contributed by atoms with Crippen LogP contribution in [0.4, 0.5) is 0 Å². The first-order chi connectivity index (χ1) is 8.06. The maximum Gasteiger partial charge on any atom is 0.417 e. The molecule has 0 bridgehead atoms. The van der Waals surface area contributed by atoms with Crippen molar-refractivity contribution in [2.24, 2.45) is 0 Å². The first kappa shape index (κ1) is 11.1. The molecule has 6 heteroatoms. The smallest absolute Gasteiger partial charge is 0.408 e. The second kappa shape index (κ2) is 4.25. The molecule has 6 nitrogen and oxygen atoms in total. The van der Waals surface area contributed by atoms with E-state index in [4.69, 9.17) is 4.42 Å². The average Bonchev–Trinajstić information content (AvgIpc) is 2.64. The van der Waals surface area contributed by atoms with Crippen LogP contribution in [0.5, 0.6) is 0 Å². The van der Waals surface area contributed by atoms with E-state index >= 15 is 0 Å². The lowest BCUT2D eigenvalue weighted by atomic mass is 10.2. The standard InChI is InChI=1S/C11H10N2O4/c1-6(14)10(15)12-5-7-2-3-8-9(4-7)17-11(16)13-8/h2-4H,5H2,1H3,(H,12,15)(H,13,16). The molecule has 0 aliphatic heterocycles. The molecule has 0 saturated heterocycles. The quantitative estimate of drug-likeness (QED) is 0.748. The molecule has 0 atom stereocenters. The number of fused-ring (bicyclic) bond motifs is 1. The largest absolute Gasteiger partial charge is 0.417 e. The van der Waals surface area contributed by atoms with Gasteiger partial charge >= 0.3 is 5.76 Å². The van der Waals surface area contributed by atoms with Crippen molar-refractivity contribution in [3.63, 3.8) is 0 Å². The van der Waals surface area contributed by atoms with Crippen LogP contribution in [0.2, 0.25) is 0 Å². The van der Waals surface area contributed by atoms with Crippen molar-refractivity contribution in [1.29, 1.82) is 0 Å². The van der Waals surface area contributed by atoms with Crippen molar-refractivity contribution in [2.45, 2.75) is 13.5 Å². The minimum absolute atomic E-state index is 0.212. The van der Waals surface area contributed by atoms with Gasteiger partial charge in [-0.25, -0.2) is 4.79 Å². The van der Waals surface area contributed by atoms with Crippen molar-refractivity contribution in [3.8, 4) is 0 Å². The third kappa shape index (κ3) is 2.41. The van der Waals surface area contributed by atoms with Gasteiger partial charge in [0.25, 0.3) is 5.91 Å². The summed E-state index contributed by atoms with van der Waals surface area (Å²) in [5.74, 6) is -1.70. The number of aromatic nitrogens is 1. The second-order valence-electron chi connectivity index (χ2n) is 3.58. The highest BCUT2D eigenvalue weighted by atomic mass is 16.4. The molecule has 0 saturated carbocycles. The summed E-state index contributed by atoms with van der Waals surface area (Å²) in [7, 11) is 0. The van der Waals surface area contributed by atoms with Crippen molar-refractivity contribution < 1.29 is 14.0 Å². The highest BCUT2D eigenvalue weighted by Gasteiger charge is 2.07. The van der Waals surface area contributed by atoms with Crippen LogP contribution in [0.3, 0.4) is 0 Å². The second-order valence-corrected chi connectivity index (χ2v) is 3.58. The van der Waals surface area contributed by atoms with Crippen molar-refractivity contribution >= 4 is 22.8 Å². The SMILES string of the molecule is CC(=O)C(=O)NCc1ccc2[nH]c(=O)oc2c1. The van der Waals surface area contributed by atoms with Gasteiger partial charge in [0, 0.05) is 13.5 Å². The Labute approximate surface area is 95.6 Å². The fourth-order valence-corrected chi connectivity index (χ4v) is 1.41. The number of aromatic amines is 1. The van der Waals surface area contributed by atoms with Crippen LogP contribution in [0.15, 0.2) is 27.4 Å². The molecule has 1 amide bonds. The van der Waals surface area contributed by atoms with Crippen LogP contribution in [0, 0.1) is 0 Å². The van der Waals surface area contributed by atoms with E-state index in [9.17, 15) is 14.4 Å². The maximum atomic E-state index is 11.0. The zero-order valence-corrected chi connectivity index (χ0v) is 9.07. The van der Waals surface area contributed by atoms with Gasteiger partial charge in [0.05, 0.1) is 5.52 Å². The summed E-state index contributed by atoms with van der Waals surface area (Å²) in [6.45, 7) is 1.41. The lowest BCUT2D eigenvalue weighted by Crippen LogP contribution is -2.28. The molecule has 1 aromatic heterocycles. The van der Waals surface area contributed by atoms with Crippen LogP contribution < -0.4 is 11.1 Å². The number of hydrogen-bond donors (Lipinski definition) is 2. The van der Waals surface area contributed by atoms with Crippen LogP contribution in [0.25, 0.3) is 11.1 Å². The van der Waals surface area contributed by atoms with Gasteiger partial charge in [-0.3, -0.25) is 14.6 Å². The van der Waals surface area contributed by atoms with Gasteiger partial charge in [-0.2, -0.15) is 0 Å². The fraction of sp³-hybridized carbons (Fsp3) is 0.182. The molecule has 0 unspecified atom stereocenters. The molecule has 1 aromatic carbocycles. The molecular formula is C11H10N2O4. The van der Waals surface area contributed by atoms with Crippen LogP contribution >= 0.6 is 0 Å². The van der Waals surface area contributed by atoms with Gasteiger partial charge in [-0.05, 0) is 17.7 Å². The van der Waals surface area contributed by atoms with Crippen molar-refractivity contribution in [3.05, 3.63) is 34.3 Å². The summed E-state index contributed by atoms with van der Waals surface area (Å²) in [6.07, 6.45) is 0. The number of ketones is 1. The highest BCUT2D eigenvalue weighted by Crippen LogP contribution is 2.11. The van der Waals surface area contributed by atoms with Gasteiger partial charge < -0.3 is 9.73 Å². The van der Waals surface area contributed by atoms with Gasteiger partial charge in [0.1, 0.15) is 0 Å². The number of rotatable bonds is 3. The number of Topliss-reactive ketones (excluding diaryl/α,β-unsaturated/α-hetero) is 1. The molecule has 0 spiro atoms. The molecule has 0 aliphatic carbocycles. The Morgan fingerprint density at radius 3 is 2.88 bits per heavy atom. The maximum absolute atomic E-state index is 11.0. The van der Waals surface area contributed by atoms with E-state index in [1.54, 1.807) is 18.2 Å². The molecule has 0 radical (unpaired) electrons. The number of amides is 1. The number of H-pyrrole nitrogens is 1. The van der Waals surface area contributed by atoms with Gasteiger partial charge in [0.15, 0.2) is 5.58 Å². The van der Waals surface area contributed by atoms with E-state index in [1.165, 1.54) is 6.92 Å². The van der Waals surface area contributed by atoms with E-state index < -0.39 is 17.4 Å².